The lowest BCUT2D eigenvalue weighted by atomic mass is 9.83. The Kier molecular flexibility index (Phi) is 4.81. The van der Waals surface area contributed by atoms with Crippen molar-refractivity contribution in [3.05, 3.63) is 17.5 Å². The maximum atomic E-state index is 4.51. The maximum Gasteiger partial charge on any atom is 0.0597 e. The molecular weight excluding hydrogens is 222 g/mol. The second-order valence-electron chi connectivity index (χ2n) is 5.53. The van der Waals surface area contributed by atoms with Gasteiger partial charge in [-0.25, -0.2) is 0 Å². The van der Waals surface area contributed by atoms with Crippen LogP contribution in [0.3, 0.4) is 0 Å². The van der Waals surface area contributed by atoms with Crippen LogP contribution in [0.15, 0.2) is 6.07 Å². The predicted octanol–water partition coefficient (Wildman–Crippen LogP) is 3.27. The number of nitrogens with zero attached hydrogens (tertiary/aromatic N) is 2. The Labute approximate surface area is 111 Å². The van der Waals surface area contributed by atoms with Gasteiger partial charge in [-0.2, -0.15) is 5.10 Å². The van der Waals surface area contributed by atoms with Gasteiger partial charge in [0.05, 0.1) is 11.4 Å². The molecular formula is C15H27N3. The number of rotatable bonds is 5. The number of hydrogen-bond acceptors (Lipinski definition) is 2. The third-order valence-corrected chi connectivity index (χ3v) is 4.26. The Morgan fingerprint density at radius 3 is 2.83 bits per heavy atom. The molecule has 0 spiro atoms. The summed E-state index contributed by atoms with van der Waals surface area (Å²) >= 11 is 0. The number of aromatic nitrogens is 2. The summed E-state index contributed by atoms with van der Waals surface area (Å²) in [6, 6.07) is 2.92. The SMILES string of the molecule is CCC1CCCCC1NCc1cc(C)nn1CC. The minimum Gasteiger partial charge on any atom is -0.308 e. The molecule has 1 aliphatic carbocycles. The average molecular weight is 249 g/mol. The molecule has 0 radical (unpaired) electrons. The van der Waals surface area contributed by atoms with Crippen LogP contribution in [0, 0.1) is 12.8 Å². The third kappa shape index (κ3) is 3.14. The quantitative estimate of drug-likeness (QED) is 0.868. The summed E-state index contributed by atoms with van der Waals surface area (Å²) in [5.74, 6) is 0.873. The van der Waals surface area contributed by atoms with Crippen LogP contribution in [0.1, 0.15) is 57.3 Å². The Balaban J connectivity index is 1.93. The fraction of sp³-hybridized carbons (Fsp3) is 0.800. The van der Waals surface area contributed by atoms with Gasteiger partial charge >= 0.3 is 0 Å². The van der Waals surface area contributed by atoms with E-state index in [1.165, 1.54) is 37.8 Å². The Bertz CT molecular complexity index is 370. The summed E-state index contributed by atoms with van der Waals surface area (Å²) in [4.78, 5) is 0. The molecule has 1 saturated carbocycles. The Morgan fingerprint density at radius 1 is 1.33 bits per heavy atom. The van der Waals surface area contributed by atoms with Crippen LogP contribution < -0.4 is 5.32 Å². The van der Waals surface area contributed by atoms with Crippen molar-refractivity contribution in [3.8, 4) is 0 Å². The van der Waals surface area contributed by atoms with Crippen molar-refractivity contribution in [3.63, 3.8) is 0 Å². The zero-order chi connectivity index (χ0) is 13.0. The molecule has 0 saturated heterocycles. The number of nitrogens with one attached hydrogen (secondary N) is 1. The maximum absolute atomic E-state index is 4.51. The summed E-state index contributed by atoms with van der Waals surface area (Å²) in [6.45, 7) is 8.49. The van der Waals surface area contributed by atoms with E-state index >= 15 is 0 Å². The van der Waals surface area contributed by atoms with E-state index in [0.29, 0.717) is 6.04 Å². The van der Waals surface area contributed by atoms with Crippen LogP contribution in [0.4, 0.5) is 0 Å². The van der Waals surface area contributed by atoms with Gasteiger partial charge in [0.15, 0.2) is 0 Å². The average Bonchev–Trinajstić information content (AvgIpc) is 2.77. The molecule has 1 fully saturated rings. The van der Waals surface area contributed by atoms with Gasteiger partial charge in [-0.15, -0.1) is 0 Å². The molecule has 18 heavy (non-hydrogen) atoms. The highest BCUT2D eigenvalue weighted by Gasteiger charge is 2.23. The molecule has 102 valence electrons. The summed E-state index contributed by atoms with van der Waals surface area (Å²) in [5, 5.41) is 8.27. The van der Waals surface area contributed by atoms with Crippen LogP contribution in [0.2, 0.25) is 0 Å². The highest BCUT2D eigenvalue weighted by Crippen LogP contribution is 2.27. The molecule has 1 aromatic rings. The first-order chi connectivity index (χ1) is 8.74. The second kappa shape index (κ2) is 6.37. The molecule has 1 heterocycles. The molecule has 3 heteroatoms. The molecule has 0 amide bonds. The Morgan fingerprint density at radius 2 is 2.11 bits per heavy atom. The first-order valence-electron chi connectivity index (χ1n) is 7.51. The number of hydrogen-bond donors (Lipinski definition) is 1. The topological polar surface area (TPSA) is 29.9 Å². The highest BCUT2D eigenvalue weighted by atomic mass is 15.3. The van der Waals surface area contributed by atoms with Crippen molar-refractivity contribution in [2.45, 2.75) is 72.0 Å². The van der Waals surface area contributed by atoms with E-state index in [2.05, 4.69) is 41.9 Å². The van der Waals surface area contributed by atoms with Crippen LogP contribution in [-0.4, -0.2) is 15.8 Å². The van der Waals surface area contributed by atoms with E-state index in [1.807, 2.05) is 0 Å². The fourth-order valence-electron chi connectivity index (χ4n) is 3.22. The van der Waals surface area contributed by atoms with Gasteiger partial charge < -0.3 is 5.32 Å². The van der Waals surface area contributed by atoms with Crippen molar-refractivity contribution >= 4 is 0 Å². The van der Waals surface area contributed by atoms with E-state index in [1.54, 1.807) is 0 Å². The van der Waals surface area contributed by atoms with Crippen molar-refractivity contribution in [1.29, 1.82) is 0 Å². The molecule has 1 N–H and O–H groups in total. The summed E-state index contributed by atoms with van der Waals surface area (Å²) in [5.41, 5.74) is 2.46. The van der Waals surface area contributed by atoms with Gasteiger partial charge in [-0.3, -0.25) is 4.68 Å². The monoisotopic (exact) mass is 249 g/mol. The van der Waals surface area contributed by atoms with Crippen molar-refractivity contribution < 1.29 is 0 Å². The number of aryl methyl sites for hydroxylation is 2. The van der Waals surface area contributed by atoms with Crippen LogP contribution in [0.5, 0.6) is 0 Å². The molecule has 2 atom stereocenters. The minimum atomic E-state index is 0.712. The smallest absolute Gasteiger partial charge is 0.0597 e. The zero-order valence-electron chi connectivity index (χ0n) is 12.1. The summed E-state index contributed by atoms with van der Waals surface area (Å²) < 4.78 is 2.12. The Hall–Kier alpha value is -0.830. The second-order valence-corrected chi connectivity index (χ2v) is 5.53. The molecule has 1 aliphatic rings. The lowest BCUT2D eigenvalue weighted by molar-refractivity contribution is 0.252. The molecule has 2 rings (SSSR count). The summed E-state index contributed by atoms with van der Waals surface area (Å²) in [6.07, 6.45) is 6.87. The van der Waals surface area contributed by atoms with Crippen molar-refractivity contribution in [1.82, 2.24) is 15.1 Å². The van der Waals surface area contributed by atoms with Gasteiger partial charge in [0.2, 0.25) is 0 Å². The molecule has 1 aromatic heterocycles. The molecule has 3 nitrogen and oxygen atoms in total. The largest absolute Gasteiger partial charge is 0.308 e. The molecule has 0 aliphatic heterocycles. The third-order valence-electron chi connectivity index (χ3n) is 4.26. The van der Waals surface area contributed by atoms with E-state index in [-0.39, 0.29) is 0 Å². The van der Waals surface area contributed by atoms with Gasteiger partial charge in [0.1, 0.15) is 0 Å². The summed E-state index contributed by atoms with van der Waals surface area (Å²) in [7, 11) is 0. The first kappa shape index (κ1) is 13.6. The molecule has 0 aromatic carbocycles. The van der Waals surface area contributed by atoms with Crippen molar-refractivity contribution in [2.24, 2.45) is 5.92 Å². The minimum absolute atomic E-state index is 0.712. The van der Waals surface area contributed by atoms with Crippen LogP contribution >= 0.6 is 0 Å². The normalized spacial score (nSPS) is 24.4. The van der Waals surface area contributed by atoms with Gasteiger partial charge in [0.25, 0.3) is 0 Å². The van der Waals surface area contributed by atoms with Gasteiger partial charge in [-0.05, 0) is 38.7 Å². The van der Waals surface area contributed by atoms with Gasteiger partial charge in [0, 0.05) is 19.1 Å². The molecule has 0 bridgehead atoms. The predicted molar refractivity (Wildman–Crippen MR) is 75.5 cm³/mol. The lowest BCUT2D eigenvalue weighted by Crippen LogP contribution is -2.38. The van der Waals surface area contributed by atoms with Crippen molar-refractivity contribution in [2.75, 3.05) is 0 Å². The lowest BCUT2D eigenvalue weighted by Gasteiger charge is -2.31. The standard InChI is InChI=1S/C15H27N3/c1-4-13-8-6-7-9-15(13)16-11-14-10-12(3)17-18(14)5-2/h10,13,15-16H,4-9,11H2,1-3H3. The van der Waals surface area contributed by atoms with Crippen LogP contribution in [0.25, 0.3) is 0 Å². The van der Waals surface area contributed by atoms with E-state index in [9.17, 15) is 0 Å². The van der Waals surface area contributed by atoms with E-state index < -0.39 is 0 Å². The fourth-order valence-corrected chi connectivity index (χ4v) is 3.22. The van der Waals surface area contributed by atoms with E-state index in [0.717, 1.165) is 24.7 Å². The first-order valence-corrected chi connectivity index (χ1v) is 7.51. The van der Waals surface area contributed by atoms with E-state index in [4.69, 9.17) is 0 Å². The zero-order valence-corrected chi connectivity index (χ0v) is 12.1. The highest BCUT2D eigenvalue weighted by molar-refractivity contribution is 5.09. The molecule has 2 unspecified atom stereocenters. The van der Waals surface area contributed by atoms with Crippen LogP contribution in [-0.2, 0) is 13.1 Å². The van der Waals surface area contributed by atoms with Gasteiger partial charge in [-0.1, -0.05) is 26.2 Å².